The van der Waals surface area contributed by atoms with E-state index in [-0.39, 0.29) is 11.5 Å². The number of alkyl halides is 4. The van der Waals surface area contributed by atoms with Gasteiger partial charge in [0.15, 0.2) is 0 Å². The molecule has 1 amide bonds. The highest BCUT2D eigenvalue weighted by molar-refractivity contribution is 6.30. The summed E-state index contributed by atoms with van der Waals surface area (Å²) < 4.78 is 45.5. The second kappa shape index (κ2) is 6.53. The largest absolute Gasteiger partial charge is 0.573 e. The number of hydrogen-bond donors (Lipinski definition) is 0. The third-order valence-corrected chi connectivity index (χ3v) is 3.36. The molecule has 8 heteroatoms. The van der Waals surface area contributed by atoms with E-state index < -0.39 is 17.5 Å². The molecule has 116 valence electrons. The average molecular weight is 324 g/mol. The molecule has 0 aromatic heterocycles. The summed E-state index contributed by atoms with van der Waals surface area (Å²) in [6.07, 6.45) is -4.78. The summed E-state index contributed by atoms with van der Waals surface area (Å²) in [5.41, 5.74) is 0.259. The van der Waals surface area contributed by atoms with Crippen LogP contribution in [0.5, 0.6) is 5.75 Å². The molecule has 1 unspecified atom stereocenters. The molecule has 1 aliphatic heterocycles. The lowest BCUT2D eigenvalue weighted by Crippen LogP contribution is -2.42. The van der Waals surface area contributed by atoms with E-state index in [1.165, 1.54) is 17.0 Å². The van der Waals surface area contributed by atoms with Crippen molar-refractivity contribution in [3.05, 3.63) is 29.8 Å². The Bertz CT molecular complexity index is 504. The van der Waals surface area contributed by atoms with E-state index in [2.05, 4.69) is 4.74 Å². The van der Waals surface area contributed by atoms with Crippen molar-refractivity contribution < 1.29 is 27.4 Å². The van der Waals surface area contributed by atoms with Crippen LogP contribution in [0.15, 0.2) is 24.3 Å². The average Bonchev–Trinajstić information content (AvgIpc) is 2.45. The number of amides is 1. The number of nitrogens with zero attached hydrogens (tertiary/aromatic N) is 1. The van der Waals surface area contributed by atoms with E-state index in [9.17, 15) is 18.0 Å². The third kappa shape index (κ3) is 4.50. The van der Waals surface area contributed by atoms with Gasteiger partial charge in [-0.05, 0) is 17.7 Å². The van der Waals surface area contributed by atoms with Crippen LogP contribution in [0.4, 0.5) is 13.2 Å². The fourth-order valence-electron chi connectivity index (χ4n) is 1.96. The highest BCUT2D eigenvalue weighted by Crippen LogP contribution is 2.29. The van der Waals surface area contributed by atoms with E-state index in [0.717, 1.165) is 12.1 Å². The molecule has 1 aromatic rings. The Kier molecular flexibility index (Phi) is 4.95. The van der Waals surface area contributed by atoms with E-state index in [4.69, 9.17) is 16.3 Å². The van der Waals surface area contributed by atoms with Gasteiger partial charge in [0.2, 0.25) is 5.91 Å². The molecule has 2 rings (SSSR count). The van der Waals surface area contributed by atoms with Crippen molar-refractivity contribution in [2.24, 2.45) is 0 Å². The Hall–Kier alpha value is -1.47. The van der Waals surface area contributed by atoms with Gasteiger partial charge < -0.3 is 14.4 Å². The molecule has 0 bridgehead atoms. The van der Waals surface area contributed by atoms with E-state index in [1.807, 2.05) is 0 Å². The number of benzene rings is 1. The minimum absolute atomic E-state index is 0.259. The normalized spacial score (nSPS) is 17.4. The summed E-state index contributed by atoms with van der Waals surface area (Å²) >= 11 is 6.06. The lowest BCUT2D eigenvalue weighted by Gasteiger charge is -2.28. The third-order valence-electron chi connectivity index (χ3n) is 2.92. The Labute approximate surface area is 124 Å². The number of morpholine rings is 1. The van der Waals surface area contributed by atoms with Crippen LogP contribution >= 0.6 is 11.6 Å². The zero-order valence-electron chi connectivity index (χ0n) is 10.9. The summed E-state index contributed by atoms with van der Waals surface area (Å²) in [7, 11) is 0. The molecule has 0 spiro atoms. The van der Waals surface area contributed by atoms with E-state index in [0.29, 0.717) is 26.3 Å². The summed E-state index contributed by atoms with van der Waals surface area (Å²) in [6, 6.07) is 5.11. The smallest absolute Gasteiger partial charge is 0.406 e. The minimum Gasteiger partial charge on any atom is -0.406 e. The Morgan fingerprint density at radius 3 is 2.62 bits per heavy atom. The quantitative estimate of drug-likeness (QED) is 0.803. The maximum atomic E-state index is 12.2. The van der Waals surface area contributed by atoms with Crippen LogP contribution in [0.25, 0.3) is 0 Å². The summed E-state index contributed by atoms with van der Waals surface area (Å²) in [6.45, 7) is 1.68. The topological polar surface area (TPSA) is 38.8 Å². The minimum atomic E-state index is -4.78. The van der Waals surface area contributed by atoms with Crippen molar-refractivity contribution in [2.45, 2.75) is 11.7 Å². The molecule has 0 N–H and O–H groups in total. The molecule has 1 atom stereocenters. The van der Waals surface area contributed by atoms with E-state index in [1.54, 1.807) is 0 Å². The predicted octanol–water partition coefficient (Wildman–Crippen LogP) is 2.72. The van der Waals surface area contributed by atoms with Gasteiger partial charge in [-0.3, -0.25) is 4.79 Å². The van der Waals surface area contributed by atoms with Crippen LogP contribution in [-0.2, 0) is 9.53 Å². The molecule has 0 aliphatic carbocycles. The first-order chi connectivity index (χ1) is 9.87. The van der Waals surface area contributed by atoms with Gasteiger partial charge in [0.05, 0.1) is 13.2 Å². The SMILES string of the molecule is O=C(C(Cl)c1cccc(OC(F)(F)F)c1)N1CCOCC1. The van der Waals surface area contributed by atoms with Gasteiger partial charge in [0.25, 0.3) is 0 Å². The van der Waals surface area contributed by atoms with Crippen LogP contribution in [0, 0.1) is 0 Å². The first-order valence-electron chi connectivity index (χ1n) is 6.23. The van der Waals surface area contributed by atoms with Crippen molar-refractivity contribution in [1.82, 2.24) is 4.90 Å². The van der Waals surface area contributed by atoms with Gasteiger partial charge in [0.1, 0.15) is 11.1 Å². The molecule has 1 fully saturated rings. The fourth-order valence-corrected chi connectivity index (χ4v) is 2.23. The molecular formula is C13H13ClF3NO3. The Balaban J connectivity index is 2.09. The van der Waals surface area contributed by atoms with Crippen LogP contribution in [-0.4, -0.2) is 43.5 Å². The summed E-state index contributed by atoms with van der Waals surface area (Å²) in [5, 5.41) is -1.06. The maximum absolute atomic E-state index is 12.2. The zero-order valence-corrected chi connectivity index (χ0v) is 11.7. The van der Waals surface area contributed by atoms with Gasteiger partial charge in [-0.1, -0.05) is 12.1 Å². The van der Waals surface area contributed by atoms with Crippen LogP contribution < -0.4 is 4.74 Å². The molecular weight excluding hydrogens is 311 g/mol. The Morgan fingerprint density at radius 2 is 2.00 bits per heavy atom. The number of hydrogen-bond acceptors (Lipinski definition) is 3. The molecule has 1 heterocycles. The first-order valence-corrected chi connectivity index (χ1v) is 6.67. The molecule has 0 radical (unpaired) electrons. The summed E-state index contributed by atoms with van der Waals surface area (Å²) in [4.78, 5) is 13.7. The maximum Gasteiger partial charge on any atom is 0.573 e. The van der Waals surface area contributed by atoms with Gasteiger partial charge in [0, 0.05) is 13.1 Å². The van der Waals surface area contributed by atoms with Gasteiger partial charge in [-0.2, -0.15) is 0 Å². The molecule has 1 aliphatic rings. The first kappa shape index (κ1) is 15.9. The number of ether oxygens (including phenoxy) is 2. The highest BCUT2D eigenvalue weighted by atomic mass is 35.5. The van der Waals surface area contributed by atoms with Crippen LogP contribution in [0.1, 0.15) is 10.9 Å². The van der Waals surface area contributed by atoms with Gasteiger partial charge in [-0.15, -0.1) is 24.8 Å². The number of carbonyl (C=O) groups excluding carboxylic acids is 1. The highest BCUT2D eigenvalue weighted by Gasteiger charge is 2.32. The molecule has 1 saturated heterocycles. The molecule has 0 saturated carbocycles. The second-order valence-corrected chi connectivity index (χ2v) is 4.86. The van der Waals surface area contributed by atoms with Crippen LogP contribution in [0.2, 0.25) is 0 Å². The lowest BCUT2D eigenvalue weighted by atomic mass is 10.1. The second-order valence-electron chi connectivity index (χ2n) is 4.42. The van der Waals surface area contributed by atoms with Gasteiger partial charge >= 0.3 is 6.36 Å². The van der Waals surface area contributed by atoms with Crippen molar-refractivity contribution in [3.63, 3.8) is 0 Å². The molecule has 4 nitrogen and oxygen atoms in total. The van der Waals surface area contributed by atoms with Crippen molar-refractivity contribution >= 4 is 17.5 Å². The molecule has 21 heavy (non-hydrogen) atoms. The number of carbonyl (C=O) groups is 1. The Morgan fingerprint density at radius 1 is 1.33 bits per heavy atom. The fraction of sp³-hybridized carbons (Fsp3) is 0.462. The van der Waals surface area contributed by atoms with Crippen molar-refractivity contribution in [2.75, 3.05) is 26.3 Å². The van der Waals surface area contributed by atoms with E-state index >= 15 is 0 Å². The number of halogens is 4. The van der Waals surface area contributed by atoms with Crippen molar-refractivity contribution in [1.29, 1.82) is 0 Å². The molecule has 1 aromatic carbocycles. The van der Waals surface area contributed by atoms with Crippen molar-refractivity contribution in [3.8, 4) is 5.75 Å². The summed E-state index contributed by atoms with van der Waals surface area (Å²) in [5.74, 6) is -0.760. The zero-order chi connectivity index (χ0) is 15.5. The van der Waals surface area contributed by atoms with Crippen LogP contribution in [0.3, 0.4) is 0 Å². The van der Waals surface area contributed by atoms with Gasteiger partial charge in [-0.25, -0.2) is 0 Å². The standard InChI is InChI=1S/C13H13ClF3NO3/c14-11(12(19)18-4-6-20-7-5-18)9-2-1-3-10(8-9)21-13(15,16)17/h1-3,8,11H,4-7H2. The predicted molar refractivity (Wildman–Crippen MR) is 69.1 cm³/mol. The lowest BCUT2D eigenvalue weighted by molar-refractivity contribution is -0.274. The monoisotopic (exact) mass is 323 g/mol. The number of rotatable bonds is 3.